The van der Waals surface area contributed by atoms with Crippen LogP contribution in [0.5, 0.6) is 0 Å². The van der Waals surface area contributed by atoms with Gasteiger partial charge in [-0.05, 0) is 12.8 Å². The first-order valence-electron chi connectivity index (χ1n) is 8.00. The van der Waals surface area contributed by atoms with Crippen LogP contribution in [-0.4, -0.2) is 23.5 Å². The molecule has 128 valence electrons. The third kappa shape index (κ3) is 5.16. The van der Waals surface area contributed by atoms with Crippen molar-refractivity contribution in [1.29, 1.82) is 0 Å². The van der Waals surface area contributed by atoms with Gasteiger partial charge in [0.1, 0.15) is 0 Å². The van der Waals surface area contributed by atoms with Crippen LogP contribution >= 0.6 is 11.3 Å². The van der Waals surface area contributed by atoms with Gasteiger partial charge in [-0.3, -0.25) is 9.59 Å². The van der Waals surface area contributed by atoms with E-state index < -0.39 is 0 Å². The molecule has 1 amide bonds. The Morgan fingerprint density at radius 1 is 1.25 bits per heavy atom. The van der Waals surface area contributed by atoms with Crippen LogP contribution < -0.4 is 5.32 Å². The van der Waals surface area contributed by atoms with Crippen molar-refractivity contribution in [2.75, 3.05) is 11.9 Å². The van der Waals surface area contributed by atoms with Gasteiger partial charge < -0.3 is 10.1 Å². The fourth-order valence-corrected chi connectivity index (χ4v) is 3.22. The quantitative estimate of drug-likeness (QED) is 0.772. The number of anilines is 1. The molecule has 0 fully saturated rings. The van der Waals surface area contributed by atoms with Crippen molar-refractivity contribution in [1.82, 2.24) is 4.98 Å². The highest BCUT2D eigenvalue weighted by Crippen LogP contribution is 2.32. The van der Waals surface area contributed by atoms with E-state index in [0.29, 0.717) is 23.9 Å². The van der Waals surface area contributed by atoms with E-state index in [2.05, 4.69) is 10.3 Å². The van der Waals surface area contributed by atoms with Crippen molar-refractivity contribution >= 4 is 28.3 Å². The number of carbonyl (C=O) groups is 2. The molecule has 0 bridgehead atoms. The maximum atomic E-state index is 12.0. The number of esters is 1. The van der Waals surface area contributed by atoms with Crippen LogP contribution in [0.4, 0.5) is 5.13 Å². The first-order chi connectivity index (χ1) is 11.5. The zero-order valence-electron chi connectivity index (χ0n) is 14.2. The Morgan fingerprint density at radius 3 is 2.58 bits per heavy atom. The molecule has 0 spiro atoms. The smallest absolute Gasteiger partial charge is 0.311 e. The number of nitrogens with zero attached hydrogens (tertiary/aromatic N) is 1. The minimum Gasteiger partial charge on any atom is -0.466 e. The molecule has 0 aliphatic rings. The number of thiazole rings is 1. The van der Waals surface area contributed by atoms with Crippen molar-refractivity contribution in [2.24, 2.45) is 5.92 Å². The number of rotatable bonds is 7. The van der Waals surface area contributed by atoms with E-state index in [4.69, 9.17) is 4.74 Å². The van der Waals surface area contributed by atoms with E-state index >= 15 is 0 Å². The van der Waals surface area contributed by atoms with Crippen LogP contribution in [0, 0.1) is 5.92 Å². The summed E-state index contributed by atoms with van der Waals surface area (Å²) in [5.74, 6) is -0.0861. The molecule has 6 heteroatoms. The van der Waals surface area contributed by atoms with E-state index in [0.717, 1.165) is 10.4 Å². The molecule has 0 unspecified atom stereocenters. The first kappa shape index (κ1) is 18.1. The molecular formula is C18H22N2O3S. The molecule has 1 aromatic carbocycles. The molecule has 2 rings (SSSR count). The number of amides is 1. The number of carbonyl (C=O) groups excluding carboxylic acids is 2. The van der Waals surface area contributed by atoms with Crippen molar-refractivity contribution in [2.45, 2.75) is 33.6 Å². The van der Waals surface area contributed by atoms with Gasteiger partial charge in [-0.25, -0.2) is 4.98 Å². The Balaban J connectivity index is 2.26. The molecule has 0 atom stereocenters. The number of benzene rings is 1. The number of hydrogen-bond donors (Lipinski definition) is 1. The third-order valence-corrected chi connectivity index (χ3v) is 4.17. The molecule has 5 nitrogen and oxygen atoms in total. The van der Waals surface area contributed by atoms with Crippen LogP contribution in [0.1, 0.15) is 32.1 Å². The normalized spacial score (nSPS) is 10.7. The zero-order valence-corrected chi connectivity index (χ0v) is 15.0. The van der Waals surface area contributed by atoms with E-state index in [1.54, 1.807) is 6.92 Å². The SMILES string of the molecule is CCOC(=O)Cc1sc(NC(=O)CC(C)C)nc1-c1ccccc1. The Kier molecular flexibility index (Phi) is 6.49. The van der Waals surface area contributed by atoms with Gasteiger partial charge in [0.05, 0.1) is 18.7 Å². The lowest BCUT2D eigenvalue weighted by molar-refractivity contribution is -0.142. The summed E-state index contributed by atoms with van der Waals surface area (Å²) in [6.07, 6.45) is 0.587. The average molecular weight is 346 g/mol. The van der Waals surface area contributed by atoms with Crippen molar-refractivity contribution in [3.8, 4) is 11.3 Å². The second-order valence-electron chi connectivity index (χ2n) is 5.78. The topological polar surface area (TPSA) is 68.3 Å². The van der Waals surface area contributed by atoms with Crippen molar-refractivity contribution in [3.63, 3.8) is 0 Å². The van der Waals surface area contributed by atoms with E-state index in [1.807, 2.05) is 44.2 Å². The fraction of sp³-hybridized carbons (Fsp3) is 0.389. The Morgan fingerprint density at radius 2 is 1.96 bits per heavy atom. The largest absolute Gasteiger partial charge is 0.466 e. The van der Waals surface area contributed by atoms with Gasteiger partial charge in [-0.15, -0.1) is 11.3 Å². The van der Waals surface area contributed by atoms with Gasteiger partial charge in [0.15, 0.2) is 5.13 Å². The summed E-state index contributed by atoms with van der Waals surface area (Å²) in [7, 11) is 0. The second-order valence-corrected chi connectivity index (χ2v) is 6.87. The Labute approximate surface area is 146 Å². The molecular weight excluding hydrogens is 324 g/mol. The van der Waals surface area contributed by atoms with E-state index in [9.17, 15) is 9.59 Å². The molecule has 0 radical (unpaired) electrons. The summed E-state index contributed by atoms with van der Waals surface area (Å²) >= 11 is 1.32. The van der Waals surface area contributed by atoms with Crippen LogP contribution in [-0.2, 0) is 20.7 Å². The predicted octanol–water partition coefficient (Wildman–Crippen LogP) is 3.90. The van der Waals surface area contributed by atoms with Crippen LogP contribution in [0.3, 0.4) is 0 Å². The highest BCUT2D eigenvalue weighted by Gasteiger charge is 2.18. The lowest BCUT2D eigenvalue weighted by atomic mass is 10.1. The summed E-state index contributed by atoms with van der Waals surface area (Å²) in [5, 5.41) is 3.34. The summed E-state index contributed by atoms with van der Waals surface area (Å²) < 4.78 is 5.03. The van der Waals surface area contributed by atoms with Crippen LogP contribution in [0.15, 0.2) is 30.3 Å². The number of hydrogen-bond acceptors (Lipinski definition) is 5. The Bertz CT molecular complexity index is 696. The lowest BCUT2D eigenvalue weighted by Gasteiger charge is -2.03. The standard InChI is InChI=1S/C18H22N2O3S/c1-4-23-16(22)11-14-17(13-8-6-5-7-9-13)20-18(24-14)19-15(21)10-12(2)3/h5-9,12H,4,10-11H2,1-3H3,(H,19,20,21). The minimum absolute atomic E-state index is 0.0685. The van der Waals surface area contributed by atoms with Gasteiger partial charge in [-0.2, -0.15) is 0 Å². The molecule has 0 saturated carbocycles. The molecule has 0 aliphatic carbocycles. The first-order valence-corrected chi connectivity index (χ1v) is 8.81. The third-order valence-electron chi connectivity index (χ3n) is 3.19. The molecule has 1 aromatic heterocycles. The van der Waals surface area contributed by atoms with Crippen molar-refractivity contribution in [3.05, 3.63) is 35.2 Å². The fourth-order valence-electron chi connectivity index (χ4n) is 2.23. The van der Waals surface area contributed by atoms with Gasteiger partial charge in [0.25, 0.3) is 0 Å². The van der Waals surface area contributed by atoms with Gasteiger partial charge >= 0.3 is 5.97 Å². The van der Waals surface area contributed by atoms with Gasteiger partial charge in [-0.1, -0.05) is 44.2 Å². The molecule has 0 aliphatic heterocycles. The predicted molar refractivity (Wildman–Crippen MR) is 96.0 cm³/mol. The Hall–Kier alpha value is -2.21. The highest BCUT2D eigenvalue weighted by molar-refractivity contribution is 7.16. The summed E-state index contributed by atoms with van der Waals surface area (Å²) in [4.78, 5) is 29.1. The van der Waals surface area contributed by atoms with E-state index in [1.165, 1.54) is 11.3 Å². The average Bonchev–Trinajstić information content (AvgIpc) is 2.89. The van der Waals surface area contributed by atoms with E-state index in [-0.39, 0.29) is 24.2 Å². The molecule has 2 aromatic rings. The molecule has 24 heavy (non-hydrogen) atoms. The summed E-state index contributed by atoms with van der Waals surface area (Å²) in [5.41, 5.74) is 1.63. The van der Waals surface area contributed by atoms with Crippen LogP contribution in [0.25, 0.3) is 11.3 Å². The minimum atomic E-state index is -0.293. The van der Waals surface area contributed by atoms with Gasteiger partial charge in [0, 0.05) is 16.9 Å². The molecule has 1 heterocycles. The summed E-state index contributed by atoms with van der Waals surface area (Å²) in [6.45, 7) is 6.10. The maximum Gasteiger partial charge on any atom is 0.311 e. The highest BCUT2D eigenvalue weighted by atomic mass is 32.1. The number of ether oxygens (including phenoxy) is 1. The lowest BCUT2D eigenvalue weighted by Crippen LogP contribution is -2.13. The maximum absolute atomic E-state index is 12.0. The van der Waals surface area contributed by atoms with Crippen molar-refractivity contribution < 1.29 is 14.3 Å². The zero-order chi connectivity index (χ0) is 17.5. The summed E-state index contributed by atoms with van der Waals surface area (Å²) in [6, 6.07) is 9.62. The second kappa shape index (κ2) is 8.59. The molecule has 1 N–H and O–H groups in total. The number of nitrogens with one attached hydrogen (secondary N) is 1. The monoisotopic (exact) mass is 346 g/mol. The van der Waals surface area contributed by atoms with Gasteiger partial charge in [0.2, 0.25) is 5.91 Å². The number of aromatic nitrogens is 1. The van der Waals surface area contributed by atoms with Crippen LogP contribution in [0.2, 0.25) is 0 Å². The molecule has 0 saturated heterocycles.